The first kappa shape index (κ1) is 20.4. The molecule has 3 nitrogen and oxygen atoms in total. The molecule has 4 rings (SSSR count). The lowest BCUT2D eigenvalue weighted by Crippen LogP contribution is -2.62. The Labute approximate surface area is 171 Å². The molecular weight excluding hydrogens is 346 g/mol. The van der Waals surface area contributed by atoms with E-state index in [0.29, 0.717) is 47.2 Å². The highest BCUT2D eigenvalue weighted by molar-refractivity contribution is 5.87. The van der Waals surface area contributed by atoms with E-state index < -0.39 is 0 Å². The van der Waals surface area contributed by atoms with Crippen LogP contribution in [0.4, 0.5) is 0 Å². The normalized spacial score (nSPS) is 49.1. The molecule has 0 spiro atoms. The Morgan fingerprint density at radius 1 is 1.04 bits per heavy atom. The van der Waals surface area contributed by atoms with Crippen LogP contribution in [0.1, 0.15) is 98.3 Å². The van der Waals surface area contributed by atoms with Crippen LogP contribution in [0, 0.1) is 45.8 Å². The van der Waals surface area contributed by atoms with Crippen LogP contribution in [0.2, 0.25) is 0 Å². The zero-order chi connectivity index (χ0) is 20.3. The summed E-state index contributed by atoms with van der Waals surface area (Å²) in [5.41, 5.74) is 5.91. The number of nitrogens with two attached hydrogens (primary N) is 1. The van der Waals surface area contributed by atoms with E-state index in [2.05, 4.69) is 27.7 Å². The van der Waals surface area contributed by atoms with Crippen molar-refractivity contribution in [3.05, 3.63) is 0 Å². The van der Waals surface area contributed by atoms with Gasteiger partial charge in [-0.15, -0.1) is 0 Å². The van der Waals surface area contributed by atoms with Crippen LogP contribution in [0.5, 0.6) is 0 Å². The minimum atomic E-state index is -0.180. The lowest BCUT2D eigenvalue weighted by molar-refractivity contribution is -0.181. The van der Waals surface area contributed by atoms with Gasteiger partial charge in [0.2, 0.25) is 5.91 Å². The van der Waals surface area contributed by atoms with Gasteiger partial charge in [0.05, 0.1) is 0 Å². The second-order valence-corrected chi connectivity index (χ2v) is 11.7. The molecular formula is C25H41NO2. The van der Waals surface area contributed by atoms with Crippen molar-refractivity contribution in [2.45, 2.75) is 98.3 Å². The lowest BCUT2D eigenvalue weighted by atomic mass is 9.39. The van der Waals surface area contributed by atoms with Gasteiger partial charge in [-0.25, -0.2) is 0 Å². The average molecular weight is 388 g/mol. The number of ketones is 1. The van der Waals surface area contributed by atoms with Gasteiger partial charge in [0.25, 0.3) is 0 Å². The fourth-order valence-electron chi connectivity index (χ4n) is 9.18. The highest BCUT2D eigenvalue weighted by Crippen LogP contribution is 2.72. The van der Waals surface area contributed by atoms with Gasteiger partial charge in [0, 0.05) is 18.3 Å². The molecule has 0 radical (unpaired) electrons. The predicted octanol–water partition coefficient (Wildman–Crippen LogP) is 5.51. The molecule has 0 aromatic heterocycles. The first-order chi connectivity index (χ1) is 13.1. The molecule has 4 saturated carbocycles. The van der Waals surface area contributed by atoms with E-state index in [9.17, 15) is 9.59 Å². The molecule has 3 heteroatoms. The summed E-state index contributed by atoms with van der Waals surface area (Å²) in [7, 11) is 0. The van der Waals surface area contributed by atoms with Gasteiger partial charge in [-0.2, -0.15) is 0 Å². The summed E-state index contributed by atoms with van der Waals surface area (Å²) in [6.07, 6.45) is 12.4. The van der Waals surface area contributed by atoms with Crippen molar-refractivity contribution in [1.82, 2.24) is 0 Å². The van der Waals surface area contributed by atoms with Crippen molar-refractivity contribution in [2.75, 3.05) is 0 Å². The van der Waals surface area contributed by atoms with Gasteiger partial charge in [-0.1, -0.05) is 40.5 Å². The number of hydrogen-bond donors (Lipinski definition) is 1. The summed E-state index contributed by atoms with van der Waals surface area (Å²) < 4.78 is 0. The van der Waals surface area contributed by atoms with Gasteiger partial charge in [0.1, 0.15) is 5.78 Å². The Morgan fingerprint density at radius 3 is 2.46 bits per heavy atom. The molecule has 0 aromatic carbocycles. The first-order valence-electron chi connectivity index (χ1n) is 12.0. The quantitative estimate of drug-likeness (QED) is 0.692. The number of hydrogen-bond acceptors (Lipinski definition) is 2. The zero-order valence-corrected chi connectivity index (χ0v) is 18.6. The van der Waals surface area contributed by atoms with E-state index in [1.165, 1.54) is 51.4 Å². The minimum absolute atomic E-state index is 0.131. The van der Waals surface area contributed by atoms with Crippen LogP contribution in [-0.2, 0) is 9.59 Å². The van der Waals surface area contributed by atoms with E-state index in [0.717, 1.165) is 12.8 Å². The molecule has 4 aliphatic rings. The van der Waals surface area contributed by atoms with Crippen LogP contribution in [-0.4, -0.2) is 11.7 Å². The number of carbonyl (C=O) groups excluding carboxylic acids is 2. The summed E-state index contributed by atoms with van der Waals surface area (Å²) in [6.45, 7) is 9.71. The van der Waals surface area contributed by atoms with Crippen LogP contribution in [0.3, 0.4) is 0 Å². The maximum Gasteiger partial charge on any atom is 0.217 e. The third-order valence-corrected chi connectivity index (χ3v) is 10.6. The SMILES string of the molecule is C[C@H](CCC(N)=O)[C@H]1CCC2[C@]3(C)C(=O)C[C@@H]4CCCC[C@]4(C)C3CC[C@@]21C. The monoisotopic (exact) mass is 387 g/mol. The lowest BCUT2D eigenvalue weighted by Gasteiger charge is -2.64. The minimum Gasteiger partial charge on any atom is -0.370 e. The number of fused-ring (bicyclic) bond motifs is 5. The molecule has 4 aliphatic carbocycles. The Kier molecular flexibility index (Phi) is 4.99. The highest BCUT2D eigenvalue weighted by atomic mass is 16.1. The first-order valence-corrected chi connectivity index (χ1v) is 12.0. The molecule has 28 heavy (non-hydrogen) atoms. The van der Waals surface area contributed by atoms with Crippen molar-refractivity contribution in [2.24, 2.45) is 51.6 Å². The number of carbonyl (C=O) groups is 2. The molecule has 0 bridgehead atoms. The van der Waals surface area contributed by atoms with E-state index in [1.54, 1.807) is 0 Å². The maximum absolute atomic E-state index is 13.7. The Bertz CT molecular complexity index is 659. The Hall–Kier alpha value is -0.860. The van der Waals surface area contributed by atoms with Crippen molar-refractivity contribution < 1.29 is 9.59 Å². The second-order valence-electron chi connectivity index (χ2n) is 11.7. The third kappa shape index (κ3) is 2.74. The van der Waals surface area contributed by atoms with Crippen LogP contribution >= 0.6 is 0 Å². The van der Waals surface area contributed by atoms with E-state index in [-0.39, 0.29) is 16.7 Å². The smallest absolute Gasteiger partial charge is 0.217 e. The summed E-state index contributed by atoms with van der Waals surface area (Å²) in [6, 6.07) is 0. The Balaban J connectivity index is 1.63. The summed E-state index contributed by atoms with van der Waals surface area (Å²) in [5, 5.41) is 0. The van der Waals surface area contributed by atoms with Crippen molar-refractivity contribution in [1.29, 1.82) is 0 Å². The van der Waals surface area contributed by atoms with Crippen LogP contribution in [0.15, 0.2) is 0 Å². The van der Waals surface area contributed by atoms with Gasteiger partial charge in [-0.3, -0.25) is 9.59 Å². The molecule has 2 unspecified atom stereocenters. The summed E-state index contributed by atoms with van der Waals surface area (Å²) in [5.74, 6) is 3.27. The molecule has 2 N–H and O–H groups in total. The molecule has 1 amide bonds. The number of rotatable bonds is 4. The highest BCUT2D eigenvalue weighted by Gasteiger charge is 2.67. The van der Waals surface area contributed by atoms with Crippen molar-refractivity contribution in [3.8, 4) is 0 Å². The molecule has 8 atom stereocenters. The molecule has 0 aromatic rings. The topological polar surface area (TPSA) is 60.2 Å². The van der Waals surface area contributed by atoms with Crippen molar-refractivity contribution >= 4 is 11.7 Å². The molecule has 0 heterocycles. The third-order valence-electron chi connectivity index (χ3n) is 10.6. The molecule has 0 aliphatic heterocycles. The predicted molar refractivity (Wildman–Crippen MR) is 112 cm³/mol. The van der Waals surface area contributed by atoms with Crippen LogP contribution in [0.25, 0.3) is 0 Å². The van der Waals surface area contributed by atoms with Gasteiger partial charge in [0.15, 0.2) is 0 Å². The number of primary amides is 1. The van der Waals surface area contributed by atoms with Crippen molar-refractivity contribution in [3.63, 3.8) is 0 Å². The maximum atomic E-state index is 13.7. The van der Waals surface area contributed by atoms with Gasteiger partial charge < -0.3 is 5.73 Å². The zero-order valence-electron chi connectivity index (χ0n) is 18.6. The average Bonchev–Trinajstić information content (AvgIpc) is 2.99. The fourth-order valence-corrected chi connectivity index (χ4v) is 9.18. The number of Topliss-reactive ketones (excluding diaryl/α,β-unsaturated/α-hetero) is 1. The summed E-state index contributed by atoms with van der Waals surface area (Å²) in [4.78, 5) is 25.0. The molecule has 0 saturated heterocycles. The van der Waals surface area contributed by atoms with E-state index in [1.807, 2.05) is 0 Å². The number of amides is 1. The van der Waals surface area contributed by atoms with Crippen LogP contribution < -0.4 is 5.73 Å². The standard InChI is InChI=1S/C25H41NO2/c1-16(8-11-22(26)28)18-9-10-19-24(18,3)14-12-20-23(2)13-6-5-7-17(23)15-21(27)25(19,20)4/h16-20H,5-15H2,1-4H3,(H2,26,28)/t16-,17+,18-,19?,20?,23+,24-,25+/m1/s1. The summed E-state index contributed by atoms with van der Waals surface area (Å²) >= 11 is 0. The largest absolute Gasteiger partial charge is 0.370 e. The molecule has 158 valence electrons. The molecule has 4 fully saturated rings. The van der Waals surface area contributed by atoms with E-state index in [4.69, 9.17) is 5.73 Å². The fraction of sp³-hybridized carbons (Fsp3) is 0.920. The van der Waals surface area contributed by atoms with E-state index >= 15 is 0 Å². The van der Waals surface area contributed by atoms with Gasteiger partial charge >= 0.3 is 0 Å². The Morgan fingerprint density at radius 2 is 1.75 bits per heavy atom. The second kappa shape index (κ2) is 6.84. The van der Waals surface area contributed by atoms with Gasteiger partial charge in [-0.05, 0) is 85.4 Å².